The third-order valence-electron chi connectivity index (χ3n) is 0. The summed E-state index contributed by atoms with van der Waals surface area (Å²) in [6.07, 6.45) is 0. The van der Waals surface area contributed by atoms with Crippen molar-refractivity contribution >= 4 is 54.3 Å². The molecule has 0 aromatic heterocycles. The first-order valence-corrected chi connectivity index (χ1v) is 4.05. The summed E-state index contributed by atoms with van der Waals surface area (Å²) in [5.74, 6) is 0. The molecule has 0 aliphatic carbocycles. The van der Waals surface area contributed by atoms with Crippen molar-refractivity contribution in [1.29, 1.82) is 0 Å². The van der Waals surface area contributed by atoms with E-state index in [9.17, 15) is 0 Å². The average molecular weight is 236 g/mol. The lowest BCUT2D eigenvalue weighted by Gasteiger charge is -1.68. The first-order chi connectivity index (χ1) is 3.73. The van der Waals surface area contributed by atoms with Gasteiger partial charge in [0, 0.05) is 0 Å². The predicted octanol–water partition coefficient (Wildman–Crippen LogP) is -4.63. The zero-order valence-electron chi connectivity index (χ0n) is 3.92. The van der Waals surface area contributed by atoms with E-state index in [1.54, 1.807) is 0 Å². The third kappa shape index (κ3) is 2530. The topological polar surface area (TPSA) is 132 Å². The molecule has 0 spiro atoms. The normalized spacial score (nSPS) is 7.45. The van der Waals surface area contributed by atoms with Gasteiger partial charge in [-0.15, -0.1) is 0 Å². The van der Waals surface area contributed by atoms with Crippen LogP contribution in [0.1, 0.15) is 0 Å². The third-order valence-corrected chi connectivity index (χ3v) is 0. The predicted molar refractivity (Wildman–Crippen MR) is 44.9 cm³/mol. The molecule has 0 heterocycles. The Labute approximate surface area is 85.8 Å². The van der Waals surface area contributed by atoms with Crippen LogP contribution in [0.4, 0.5) is 0 Å². The zero-order valence-corrected chi connectivity index (χ0v) is 5.74. The van der Waals surface area contributed by atoms with Crippen molar-refractivity contribution < 1.29 is 31.6 Å². The van der Waals surface area contributed by atoms with Crippen LogP contribution in [0.15, 0.2) is 0 Å². The highest BCUT2D eigenvalue weighted by atomic mass is 32.3. The Morgan fingerprint density at radius 3 is 1.00 bits per heavy atom. The Bertz CT molecular complexity index is 159. The van der Waals surface area contributed by atoms with Crippen molar-refractivity contribution in [3.63, 3.8) is 0 Å². The van der Waals surface area contributed by atoms with E-state index in [1.807, 2.05) is 0 Å². The fraction of sp³-hybridized carbons (Fsp3) is 0. The second-order valence-electron chi connectivity index (χ2n) is 0.730. The van der Waals surface area contributed by atoms with Gasteiger partial charge in [0.1, 0.15) is 0 Å². The van der Waals surface area contributed by atoms with Crippen LogP contribution in [0.2, 0.25) is 0 Å². The fourth-order valence-corrected chi connectivity index (χ4v) is 0. The summed E-state index contributed by atoms with van der Waals surface area (Å²) < 4.78 is 40.3. The molecular weight excluding hydrogens is 226 g/mol. The molecule has 0 rings (SSSR count). The van der Waals surface area contributed by atoms with E-state index in [0.29, 0.717) is 0 Å². The minimum absolute atomic E-state index is 0. The maximum Gasteiger partial charge on any atom is 0.761 e. The van der Waals surface area contributed by atoms with Crippen molar-refractivity contribution in [3.05, 3.63) is 0 Å². The largest absolute Gasteiger partial charge is 0.761 e. The Balaban J connectivity index is -0.0000000383. The van der Waals surface area contributed by atoms with E-state index < -0.39 is 19.6 Å². The van der Waals surface area contributed by atoms with Gasteiger partial charge in [-0.25, -0.2) is 0 Å². The van der Waals surface area contributed by atoms with Crippen LogP contribution in [0.5, 0.6) is 0 Å². The van der Waals surface area contributed by atoms with Crippen LogP contribution in [0.3, 0.4) is 0 Å². The Morgan fingerprint density at radius 2 is 1.00 bits per heavy atom. The fourth-order valence-electron chi connectivity index (χ4n) is 0. The lowest BCUT2D eigenvalue weighted by atomic mass is 15.8. The molecule has 0 radical (unpaired) electrons. The van der Waals surface area contributed by atoms with Gasteiger partial charge in [-0.3, -0.25) is 13.6 Å². The maximum absolute atomic E-state index is 8.74. The van der Waals surface area contributed by atoms with Crippen molar-refractivity contribution in [1.82, 2.24) is 0 Å². The second-order valence-corrected chi connectivity index (χ2v) is 2.19. The first kappa shape index (κ1) is 22.6. The highest BCUT2D eigenvalue weighted by molar-refractivity contribution is 7.79. The summed E-state index contributed by atoms with van der Waals surface area (Å²) in [5, 5.41) is 0. The smallest absolute Gasteiger partial charge is 0.511 e. The monoisotopic (exact) mass is 236 g/mol. The number of hydrogen-bond donors (Lipinski definition) is 4. The highest BCUT2D eigenvalue weighted by Crippen LogP contribution is 1.59. The van der Waals surface area contributed by atoms with E-state index in [0.717, 1.165) is 0 Å². The van der Waals surface area contributed by atoms with Crippen LogP contribution in [0, 0.1) is 0 Å². The van der Waals surface area contributed by atoms with E-state index in [1.165, 1.54) is 0 Å². The van der Waals surface area contributed by atoms with Gasteiger partial charge in [-0.05, 0) is 0 Å². The molecule has 0 aliphatic heterocycles. The van der Waals surface area contributed by atoms with Gasteiger partial charge in [0.05, 0.1) is 0 Å². The zero-order chi connectivity index (χ0) is 8.08. The van der Waals surface area contributed by atoms with Crippen molar-refractivity contribution in [3.8, 4) is 0 Å². The van der Waals surface area contributed by atoms with Crippen LogP contribution >= 0.6 is 0 Å². The maximum atomic E-state index is 8.74. The summed E-state index contributed by atoms with van der Waals surface area (Å²) in [5.41, 5.74) is 0. The molecule has 0 unspecified atom stereocenters. The highest BCUT2D eigenvalue weighted by Gasteiger charge is 1.85. The van der Waals surface area contributed by atoms with Gasteiger partial charge < -0.3 is 9.59 Å². The van der Waals surface area contributed by atoms with Crippen molar-refractivity contribution in [2.45, 2.75) is 0 Å². The molecule has 0 aromatic carbocycles. The lowest BCUT2D eigenvalue weighted by Crippen LogP contribution is -1.90. The quantitative estimate of drug-likeness (QED) is 0.245. The number of hydrogen-bond acceptors (Lipinski definition) is 3. The second kappa shape index (κ2) is 10.6. The average Bonchev–Trinajstić information content (AvgIpc) is 1.19. The molecule has 0 saturated carbocycles. The van der Waals surface area contributed by atoms with E-state index in [4.69, 9.17) is 31.6 Å². The summed E-state index contributed by atoms with van der Waals surface area (Å²) in [6, 6.07) is 0. The molecule has 68 valence electrons. The van der Waals surface area contributed by atoms with Gasteiger partial charge in [0.2, 0.25) is 0 Å². The molecule has 0 saturated heterocycles. The molecule has 0 aliphatic rings. The molecule has 0 atom stereocenters. The molecule has 0 fully saturated rings. The molecule has 11 heteroatoms. The minimum Gasteiger partial charge on any atom is -0.511 e. The van der Waals surface area contributed by atoms with Crippen molar-refractivity contribution in [2.75, 3.05) is 0 Å². The molecule has 4 N–H and O–H groups in total. The minimum atomic E-state index is -4.67. The Kier molecular flexibility index (Phi) is 21.6. The van der Waals surface area contributed by atoms with Gasteiger partial charge in [-0.1, -0.05) is 0 Å². The molecule has 0 amide bonds. The first-order valence-electron chi connectivity index (χ1n) is 1.35. The summed E-state index contributed by atoms with van der Waals surface area (Å²) in [7, 11) is -7.80. The van der Waals surface area contributed by atoms with Gasteiger partial charge in [0.25, 0.3) is 0 Å². The molecular formula is H10Al2O7SSi. The van der Waals surface area contributed by atoms with Gasteiger partial charge in [-0.2, -0.15) is 8.42 Å². The molecule has 7 nitrogen and oxygen atoms in total. The SMILES string of the molecule is O=S(=O)(O)O.O=[Si](O)O.[AlH3].[AlH3]. The molecule has 0 bridgehead atoms. The van der Waals surface area contributed by atoms with Gasteiger partial charge >= 0.3 is 19.6 Å². The Morgan fingerprint density at radius 1 is 1.00 bits per heavy atom. The summed E-state index contributed by atoms with van der Waals surface area (Å²) in [6.45, 7) is 0. The molecule has 0 aromatic rings. The van der Waals surface area contributed by atoms with Crippen LogP contribution in [-0.4, -0.2) is 71.0 Å². The lowest BCUT2D eigenvalue weighted by molar-refractivity contribution is 0.330. The number of rotatable bonds is 0. The molecule has 11 heavy (non-hydrogen) atoms. The van der Waals surface area contributed by atoms with Crippen LogP contribution in [-0.2, 0) is 14.9 Å². The Hall–Kier alpha value is 0.552. The van der Waals surface area contributed by atoms with E-state index in [-0.39, 0.29) is 34.7 Å². The van der Waals surface area contributed by atoms with Crippen LogP contribution in [0.25, 0.3) is 0 Å². The summed E-state index contributed by atoms with van der Waals surface area (Å²) >= 11 is 0. The van der Waals surface area contributed by atoms with Crippen LogP contribution < -0.4 is 0 Å². The van der Waals surface area contributed by atoms with Gasteiger partial charge in [0.15, 0.2) is 34.7 Å². The summed E-state index contributed by atoms with van der Waals surface area (Å²) in [4.78, 5) is 14.3. The van der Waals surface area contributed by atoms with Crippen molar-refractivity contribution in [2.24, 2.45) is 0 Å². The van der Waals surface area contributed by atoms with E-state index in [2.05, 4.69) is 0 Å². The standard InChI is InChI=1S/2Al.H2O4S.H2O3Si.6H/c;;1-5(2,3)4;1-4(2)3;;;;;;/h;;(H2,1,2,3,4);1-2H;;;;;;. The van der Waals surface area contributed by atoms with E-state index >= 15 is 0 Å².